The highest BCUT2D eigenvalue weighted by Crippen LogP contribution is 2.17. The summed E-state index contributed by atoms with van der Waals surface area (Å²) in [5.74, 6) is -2.97. The van der Waals surface area contributed by atoms with Gasteiger partial charge in [0.1, 0.15) is 0 Å². The molecule has 1 aromatic heterocycles. The Hall–Kier alpha value is -2.03. The number of nitrogens with one attached hydrogen (secondary N) is 2. The van der Waals surface area contributed by atoms with Crippen molar-refractivity contribution in [3.63, 3.8) is 0 Å². The summed E-state index contributed by atoms with van der Waals surface area (Å²) < 4.78 is 4.43. The number of amides is 1. The number of carbonyl (C=O) groups excluding carboxylic acids is 2. The van der Waals surface area contributed by atoms with Gasteiger partial charge in [-0.05, 0) is 13.2 Å². The van der Waals surface area contributed by atoms with Crippen LogP contribution in [0.25, 0.3) is 0 Å². The van der Waals surface area contributed by atoms with Gasteiger partial charge in [0.25, 0.3) is 5.56 Å². The lowest BCUT2D eigenvalue weighted by molar-refractivity contribution is -0.152. The largest absolute Gasteiger partial charge is 0.492 e. The molecule has 0 aliphatic rings. The van der Waals surface area contributed by atoms with E-state index in [0.717, 1.165) is 11.8 Å². The van der Waals surface area contributed by atoms with Crippen LogP contribution in [0.15, 0.2) is 9.95 Å². The van der Waals surface area contributed by atoms with Crippen molar-refractivity contribution in [3.8, 4) is 5.88 Å². The Morgan fingerprint density at radius 3 is 2.72 bits per heavy atom. The fourth-order valence-corrected chi connectivity index (χ4v) is 1.38. The molecule has 18 heavy (non-hydrogen) atoms. The van der Waals surface area contributed by atoms with Crippen LogP contribution in [0.3, 0.4) is 0 Å². The average molecular weight is 273 g/mol. The molecule has 0 aliphatic heterocycles. The number of anilines is 1. The number of ether oxygens (including phenoxy) is 1. The van der Waals surface area contributed by atoms with Crippen molar-refractivity contribution in [1.29, 1.82) is 0 Å². The van der Waals surface area contributed by atoms with Gasteiger partial charge in [0.15, 0.2) is 10.8 Å². The van der Waals surface area contributed by atoms with Crippen LogP contribution in [0.2, 0.25) is 0 Å². The molecule has 3 N–H and O–H groups in total. The zero-order chi connectivity index (χ0) is 13.7. The van der Waals surface area contributed by atoms with Crippen LogP contribution in [-0.4, -0.2) is 39.8 Å². The highest BCUT2D eigenvalue weighted by molar-refractivity contribution is 7.98. The van der Waals surface area contributed by atoms with Gasteiger partial charge in [0, 0.05) is 0 Å². The standard InChI is InChI=1S/C9H11N3O5S/c1-3-17-8(16)7(15)10-4-5(13)11-9(18-2)12-6(4)14/h3H2,1-2H3,(H,10,15)(H2,11,12,13,14). The highest BCUT2D eigenvalue weighted by atomic mass is 32.2. The molecule has 0 bridgehead atoms. The lowest BCUT2D eigenvalue weighted by Crippen LogP contribution is -2.28. The zero-order valence-electron chi connectivity index (χ0n) is 9.64. The van der Waals surface area contributed by atoms with E-state index in [4.69, 9.17) is 0 Å². The van der Waals surface area contributed by atoms with E-state index in [9.17, 15) is 19.5 Å². The minimum Gasteiger partial charge on any atom is -0.492 e. The molecule has 0 fully saturated rings. The SMILES string of the molecule is CCOC(=O)C(=O)Nc1c(O)nc(SC)[nH]c1=O. The van der Waals surface area contributed by atoms with Gasteiger partial charge in [0.05, 0.1) is 6.61 Å². The van der Waals surface area contributed by atoms with Crippen LogP contribution >= 0.6 is 11.8 Å². The molecule has 0 saturated carbocycles. The molecule has 0 radical (unpaired) electrons. The summed E-state index contributed by atoms with van der Waals surface area (Å²) in [6.45, 7) is 1.56. The van der Waals surface area contributed by atoms with Crippen molar-refractivity contribution >= 4 is 29.3 Å². The van der Waals surface area contributed by atoms with Crippen LogP contribution in [-0.2, 0) is 14.3 Å². The molecule has 0 aliphatic carbocycles. The Labute approximate surface area is 106 Å². The van der Waals surface area contributed by atoms with Crippen molar-refractivity contribution in [2.45, 2.75) is 12.1 Å². The number of hydrogen-bond acceptors (Lipinski definition) is 7. The number of aromatic hydroxyl groups is 1. The predicted octanol–water partition coefficient (Wildman–Crippen LogP) is -0.301. The summed E-state index contributed by atoms with van der Waals surface area (Å²) in [6, 6.07) is 0. The number of carbonyl (C=O) groups is 2. The molecular weight excluding hydrogens is 262 g/mol. The maximum atomic E-state index is 11.5. The third-order valence-corrected chi connectivity index (χ3v) is 2.35. The van der Waals surface area contributed by atoms with Gasteiger partial charge in [-0.15, -0.1) is 0 Å². The van der Waals surface area contributed by atoms with E-state index < -0.39 is 29.0 Å². The summed E-state index contributed by atoms with van der Waals surface area (Å²) >= 11 is 1.11. The molecule has 8 nitrogen and oxygen atoms in total. The minimum atomic E-state index is -1.16. The molecule has 0 spiro atoms. The number of aromatic amines is 1. The van der Waals surface area contributed by atoms with E-state index in [1.807, 2.05) is 5.32 Å². The first-order chi connectivity index (χ1) is 8.49. The van der Waals surface area contributed by atoms with Gasteiger partial charge in [-0.2, -0.15) is 4.98 Å². The van der Waals surface area contributed by atoms with E-state index >= 15 is 0 Å². The number of nitrogens with zero attached hydrogens (tertiary/aromatic N) is 1. The van der Waals surface area contributed by atoms with Gasteiger partial charge >= 0.3 is 11.9 Å². The smallest absolute Gasteiger partial charge is 0.397 e. The first-order valence-electron chi connectivity index (χ1n) is 4.85. The van der Waals surface area contributed by atoms with Gasteiger partial charge < -0.3 is 15.2 Å². The Morgan fingerprint density at radius 2 is 2.22 bits per heavy atom. The number of thioether (sulfide) groups is 1. The maximum absolute atomic E-state index is 11.5. The number of esters is 1. The highest BCUT2D eigenvalue weighted by Gasteiger charge is 2.19. The van der Waals surface area contributed by atoms with Gasteiger partial charge in [-0.1, -0.05) is 11.8 Å². The molecule has 0 saturated heterocycles. The average Bonchev–Trinajstić information content (AvgIpc) is 2.33. The third-order valence-electron chi connectivity index (χ3n) is 1.77. The third kappa shape index (κ3) is 3.23. The van der Waals surface area contributed by atoms with Crippen LogP contribution in [0, 0.1) is 0 Å². The lowest BCUT2D eigenvalue weighted by atomic mass is 10.4. The Kier molecular flexibility index (Phi) is 4.72. The van der Waals surface area contributed by atoms with Gasteiger partial charge in [-0.25, -0.2) is 4.79 Å². The Balaban J connectivity index is 2.95. The molecule has 0 unspecified atom stereocenters. The van der Waals surface area contributed by atoms with E-state index in [-0.39, 0.29) is 11.8 Å². The molecule has 98 valence electrons. The second-order valence-electron chi connectivity index (χ2n) is 2.95. The first-order valence-corrected chi connectivity index (χ1v) is 6.07. The molecule has 1 amide bonds. The van der Waals surface area contributed by atoms with Crippen LogP contribution in [0.5, 0.6) is 5.88 Å². The van der Waals surface area contributed by atoms with Gasteiger partial charge in [0.2, 0.25) is 5.88 Å². The fourth-order valence-electron chi connectivity index (χ4n) is 1.01. The van der Waals surface area contributed by atoms with Crippen molar-refractivity contribution in [3.05, 3.63) is 10.4 Å². The molecule has 1 heterocycles. The van der Waals surface area contributed by atoms with Crippen molar-refractivity contribution in [2.75, 3.05) is 18.2 Å². The molecule has 1 rings (SSSR count). The number of H-pyrrole nitrogens is 1. The molecule has 0 aromatic carbocycles. The van der Waals surface area contributed by atoms with Crippen LogP contribution in [0.4, 0.5) is 5.69 Å². The summed E-state index contributed by atoms with van der Waals surface area (Å²) in [4.78, 5) is 39.7. The second kappa shape index (κ2) is 6.05. The normalized spacial score (nSPS) is 9.89. The molecular formula is C9H11N3O5S. The summed E-state index contributed by atoms with van der Waals surface area (Å²) in [5.41, 5.74) is -1.25. The van der Waals surface area contributed by atoms with Crippen LogP contribution < -0.4 is 10.9 Å². The van der Waals surface area contributed by atoms with E-state index in [0.29, 0.717) is 0 Å². The summed E-state index contributed by atoms with van der Waals surface area (Å²) in [5, 5.41) is 11.6. The maximum Gasteiger partial charge on any atom is 0.397 e. The predicted molar refractivity (Wildman–Crippen MR) is 63.6 cm³/mol. The fraction of sp³-hybridized carbons (Fsp3) is 0.333. The van der Waals surface area contributed by atoms with Crippen molar-refractivity contribution < 1.29 is 19.4 Å². The molecule has 9 heteroatoms. The number of rotatable bonds is 3. The van der Waals surface area contributed by atoms with E-state index in [1.165, 1.54) is 6.92 Å². The number of aromatic nitrogens is 2. The molecule has 0 atom stereocenters. The van der Waals surface area contributed by atoms with Crippen LogP contribution in [0.1, 0.15) is 6.92 Å². The number of hydrogen-bond donors (Lipinski definition) is 3. The Bertz CT molecular complexity index is 527. The molecule has 1 aromatic rings. The second-order valence-corrected chi connectivity index (χ2v) is 3.74. The topological polar surface area (TPSA) is 121 Å². The van der Waals surface area contributed by atoms with Crippen molar-refractivity contribution in [2.24, 2.45) is 0 Å². The Morgan fingerprint density at radius 1 is 1.56 bits per heavy atom. The zero-order valence-corrected chi connectivity index (χ0v) is 10.5. The lowest BCUT2D eigenvalue weighted by Gasteiger charge is -2.05. The monoisotopic (exact) mass is 273 g/mol. The van der Waals surface area contributed by atoms with Crippen molar-refractivity contribution in [1.82, 2.24) is 9.97 Å². The quantitative estimate of drug-likeness (QED) is 0.299. The van der Waals surface area contributed by atoms with E-state index in [2.05, 4.69) is 14.7 Å². The van der Waals surface area contributed by atoms with E-state index in [1.54, 1.807) is 6.26 Å². The van der Waals surface area contributed by atoms with Gasteiger partial charge in [-0.3, -0.25) is 14.6 Å². The summed E-state index contributed by atoms with van der Waals surface area (Å²) in [7, 11) is 0. The minimum absolute atomic E-state index is 0.0260. The first kappa shape index (κ1) is 14.0. The summed E-state index contributed by atoms with van der Waals surface area (Å²) in [6.07, 6.45) is 1.65.